The maximum absolute atomic E-state index is 12.4. The van der Waals surface area contributed by atoms with Gasteiger partial charge in [0.25, 0.3) is 0 Å². The Balaban J connectivity index is 1.64. The van der Waals surface area contributed by atoms with E-state index in [1.54, 1.807) is 11.3 Å². The minimum absolute atomic E-state index is 0.000296. The van der Waals surface area contributed by atoms with Crippen LogP contribution >= 0.6 is 27.3 Å². The molecule has 3 aromatic rings. The number of carbonyl (C=O) groups excluding carboxylic acids is 1. The van der Waals surface area contributed by atoms with E-state index in [1.165, 1.54) is 0 Å². The van der Waals surface area contributed by atoms with Gasteiger partial charge < -0.3 is 5.32 Å². The Kier molecular flexibility index (Phi) is 6.00. The van der Waals surface area contributed by atoms with Crippen LogP contribution in [-0.2, 0) is 11.2 Å². The summed E-state index contributed by atoms with van der Waals surface area (Å²) in [4.78, 5) is 17.0. The molecule has 128 valence electrons. The molecule has 0 aliphatic rings. The SMILES string of the molecule is CC[C@H](NC(=O)Cc1csc(-c2ccccc2)n1)c1ccc(Br)cc1. The summed E-state index contributed by atoms with van der Waals surface area (Å²) in [5.74, 6) is -0.000296. The summed E-state index contributed by atoms with van der Waals surface area (Å²) in [5, 5.41) is 6.02. The monoisotopic (exact) mass is 414 g/mol. The standard InChI is InChI=1S/C20H19BrN2OS/c1-2-18(14-8-10-16(21)11-9-14)23-19(24)12-17-13-25-20(22-17)15-6-4-3-5-7-15/h3-11,13,18H,2,12H2,1H3,(H,23,24)/t18-/m0/s1. The van der Waals surface area contributed by atoms with Crippen molar-refractivity contribution >= 4 is 33.2 Å². The number of benzene rings is 2. The van der Waals surface area contributed by atoms with Crippen LogP contribution in [0, 0.1) is 0 Å². The number of hydrogen-bond acceptors (Lipinski definition) is 3. The van der Waals surface area contributed by atoms with E-state index in [0.29, 0.717) is 6.42 Å². The molecule has 1 aromatic heterocycles. The van der Waals surface area contributed by atoms with E-state index in [4.69, 9.17) is 0 Å². The van der Waals surface area contributed by atoms with Gasteiger partial charge in [0.15, 0.2) is 0 Å². The molecule has 0 unspecified atom stereocenters. The van der Waals surface area contributed by atoms with E-state index >= 15 is 0 Å². The number of nitrogens with one attached hydrogen (secondary N) is 1. The summed E-state index contributed by atoms with van der Waals surface area (Å²) in [6, 6.07) is 18.1. The molecule has 0 bridgehead atoms. The molecule has 3 rings (SSSR count). The summed E-state index contributed by atoms with van der Waals surface area (Å²) in [7, 11) is 0. The molecular formula is C20H19BrN2OS. The van der Waals surface area contributed by atoms with Gasteiger partial charge in [-0.25, -0.2) is 4.98 Å². The minimum atomic E-state index is -0.000296. The minimum Gasteiger partial charge on any atom is -0.349 e. The predicted octanol–water partition coefficient (Wildman–Crippen LogP) is 5.38. The van der Waals surface area contributed by atoms with E-state index < -0.39 is 0 Å². The summed E-state index contributed by atoms with van der Waals surface area (Å²) in [5.41, 5.74) is 3.01. The first-order valence-corrected chi connectivity index (χ1v) is 9.87. The van der Waals surface area contributed by atoms with E-state index in [0.717, 1.165) is 32.7 Å². The fraction of sp³-hybridized carbons (Fsp3) is 0.200. The van der Waals surface area contributed by atoms with Crippen molar-refractivity contribution in [2.45, 2.75) is 25.8 Å². The van der Waals surface area contributed by atoms with Gasteiger partial charge in [-0.15, -0.1) is 11.3 Å². The number of aromatic nitrogens is 1. The fourth-order valence-corrected chi connectivity index (χ4v) is 3.72. The van der Waals surface area contributed by atoms with Gasteiger partial charge in [-0.2, -0.15) is 0 Å². The molecule has 0 aliphatic heterocycles. The second-order valence-electron chi connectivity index (χ2n) is 5.77. The Morgan fingerprint density at radius 1 is 1.16 bits per heavy atom. The average Bonchev–Trinajstić information content (AvgIpc) is 3.10. The van der Waals surface area contributed by atoms with Crippen LogP contribution in [0.4, 0.5) is 0 Å². The first-order valence-electron chi connectivity index (χ1n) is 8.20. The molecule has 5 heteroatoms. The Morgan fingerprint density at radius 2 is 1.88 bits per heavy atom. The lowest BCUT2D eigenvalue weighted by molar-refractivity contribution is -0.121. The zero-order valence-electron chi connectivity index (χ0n) is 13.9. The average molecular weight is 415 g/mol. The smallest absolute Gasteiger partial charge is 0.226 e. The number of hydrogen-bond donors (Lipinski definition) is 1. The van der Waals surface area contributed by atoms with Crippen molar-refractivity contribution < 1.29 is 4.79 Å². The second kappa shape index (κ2) is 8.41. The van der Waals surface area contributed by atoms with Gasteiger partial charge in [-0.1, -0.05) is 65.3 Å². The van der Waals surface area contributed by atoms with Gasteiger partial charge >= 0.3 is 0 Å². The molecule has 2 aromatic carbocycles. The highest BCUT2D eigenvalue weighted by molar-refractivity contribution is 9.10. The number of carbonyl (C=O) groups is 1. The molecule has 0 saturated heterocycles. The third-order valence-corrected chi connectivity index (χ3v) is 5.40. The van der Waals surface area contributed by atoms with Crippen molar-refractivity contribution in [2.24, 2.45) is 0 Å². The van der Waals surface area contributed by atoms with Crippen molar-refractivity contribution in [3.05, 3.63) is 75.7 Å². The number of nitrogens with zero attached hydrogens (tertiary/aromatic N) is 1. The van der Waals surface area contributed by atoms with Crippen LogP contribution in [0.2, 0.25) is 0 Å². The lowest BCUT2D eigenvalue weighted by Gasteiger charge is -2.17. The van der Waals surface area contributed by atoms with Crippen LogP contribution in [0.3, 0.4) is 0 Å². The zero-order valence-corrected chi connectivity index (χ0v) is 16.3. The van der Waals surface area contributed by atoms with Gasteiger partial charge in [-0.05, 0) is 24.1 Å². The molecule has 1 atom stereocenters. The van der Waals surface area contributed by atoms with E-state index in [2.05, 4.69) is 33.2 Å². The molecule has 0 saturated carbocycles. The van der Waals surface area contributed by atoms with Crippen LogP contribution in [0.1, 0.15) is 30.6 Å². The third kappa shape index (κ3) is 4.77. The lowest BCUT2D eigenvalue weighted by atomic mass is 10.0. The molecule has 0 aliphatic carbocycles. The Bertz CT molecular complexity index is 830. The van der Waals surface area contributed by atoms with Gasteiger partial charge in [0.05, 0.1) is 18.2 Å². The highest BCUT2D eigenvalue weighted by Gasteiger charge is 2.14. The van der Waals surface area contributed by atoms with Crippen LogP contribution in [0.5, 0.6) is 0 Å². The normalized spacial score (nSPS) is 11.9. The van der Waals surface area contributed by atoms with Crippen LogP contribution in [-0.4, -0.2) is 10.9 Å². The van der Waals surface area contributed by atoms with Gasteiger partial charge in [-0.3, -0.25) is 4.79 Å². The van der Waals surface area contributed by atoms with E-state index in [1.807, 2.05) is 60.0 Å². The number of amides is 1. The van der Waals surface area contributed by atoms with Gasteiger partial charge in [0.1, 0.15) is 5.01 Å². The molecule has 0 fully saturated rings. The summed E-state index contributed by atoms with van der Waals surface area (Å²) in [6.45, 7) is 2.07. The first-order chi connectivity index (χ1) is 12.2. The second-order valence-corrected chi connectivity index (χ2v) is 7.54. The van der Waals surface area contributed by atoms with Crippen molar-refractivity contribution in [3.63, 3.8) is 0 Å². The summed E-state index contributed by atoms with van der Waals surface area (Å²) >= 11 is 5.01. The number of rotatable bonds is 6. The highest BCUT2D eigenvalue weighted by atomic mass is 79.9. The lowest BCUT2D eigenvalue weighted by Crippen LogP contribution is -2.29. The molecule has 1 amide bonds. The fourth-order valence-electron chi connectivity index (χ4n) is 2.63. The number of thiazole rings is 1. The first kappa shape index (κ1) is 17.8. The Labute approximate surface area is 160 Å². The van der Waals surface area contributed by atoms with Crippen LogP contribution < -0.4 is 5.32 Å². The summed E-state index contributed by atoms with van der Waals surface area (Å²) < 4.78 is 1.04. The highest BCUT2D eigenvalue weighted by Crippen LogP contribution is 2.24. The Morgan fingerprint density at radius 3 is 2.56 bits per heavy atom. The molecule has 1 heterocycles. The maximum atomic E-state index is 12.4. The molecule has 3 nitrogen and oxygen atoms in total. The van der Waals surface area contributed by atoms with E-state index in [-0.39, 0.29) is 11.9 Å². The molecular weight excluding hydrogens is 396 g/mol. The van der Waals surface area contributed by atoms with Crippen molar-refractivity contribution in [1.29, 1.82) is 0 Å². The predicted molar refractivity (Wildman–Crippen MR) is 107 cm³/mol. The van der Waals surface area contributed by atoms with Gasteiger partial charge in [0.2, 0.25) is 5.91 Å². The Hall–Kier alpha value is -1.98. The molecule has 0 radical (unpaired) electrons. The van der Waals surface area contributed by atoms with Gasteiger partial charge in [0, 0.05) is 15.4 Å². The molecule has 25 heavy (non-hydrogen) atoms. The van der Waals surface area contributed by atoms with Crippen LogP contribution in [0.25, 0.3) is 10.6 Å². The summed E-state index contributed by atoms with van der Waals surface area (Å²) in [6.07, 6.45) is 1.15. The largest absolute Gasteiger partial charge is 0.349 e. The molecule has 0 spiro atoms. The van der Waals surface area contributed by atoms with Crippen molar-refractivity contribution in [3.8, 4) is 10.6 Å². The molecule has 1 N–H and O–H groups in total. The van der Waals surface area contributed by atoms with Crippen molar-refractivity contribution in [1.82, 2.24) is 10.3 Å². The zero-order chi connectivity index (χ0) is 17.6. The maximum Gasteiger partial charge on any atom is 0.226 e. The van der Waals surface area contributed by atoms with E-state index in [9.17, 15) is 4.79 Å². The number of halogens is 1. The topological polar surface area (TPSA) is 42.0 Å². The van der Waals surface area contributed by atoms with Crippen LogP contribution in [0.15, 0.2) is 64.5 Å². The third-order valence-electron chi connectivity index (χ3n) is 3.93. The van der Waals surface area contributed by atoms with Crippen molar-refractivity contribution in [2.75, 3.05) is 0 Å². The quantitative estimate of drug-likeness (QED) is 0.587.